The smallest absolute Gasteiger partial charge is 0.150 e. The molecule has 4 heterocycles. The zero-order valence-electron chi connectivity index (χ0n) is 24.6. The van der Waals surface area contributed by atoms with E-state index in [2.05, 4.69) is 5.10 Å². The second kappa shape index (κ2) is 11.8. The molecule has 6 nitrogen and oxygen atoms in total. The third-order valence-electron chi connectivity index (χ3n) is 8.86. The number of alkyl halides is 2. The molecule has 3 aromatic rings. The lowest BCUT2D eigenvalue weighted by atomic mass is 9.82. The largest absolute Gasteiger partial charge is 0.492 e. The van der Waals surface area contributed by atoms with Crippen LogP contribution in [0.3, 0.4) is 0 Å². The summed E-state index contributed by atoms with van der Waals surface area (Å²) in [4.78, 5) is 3.92. The second-order valence-corrected chi connectivity index (χ2v) is 12.8. The summed E-state index contributed by atoms with van der Waals surface area (Å²) in [5, 5.41) is 5.60. The van der Waals surface area contributed by atoms with Gasteiger partial charge in [0.05, 0.1) is 24.4 Å². The Morgan fingerprint density at radius 2 is 1.88 bits per heavy atom. The van der Waals surface area contributed by atoms with E-state index in [1.165, 1.54) is 26.0 Å². The van der Waals surface area contributed by atoms with E-state index in [0.29, 0.717) is 32.7 Å². The summed E-state index contributed by atoms with van der Waals surface area (Å²) in [7, 11) is 0. The summed E-state index contributed by atoms with van der Waals surface area (Å²) < 4.78 is 73.2. The van der Waals surface area contributed by atoms with Crippen molar-refractivity contribution in [2.24, 2.45) is 5.92 Å². The van der Waals surface area contributed by atoms with E-state index in [4.69, 9.17) is 9.47 Å². The summed E-state index contributed by atoms with van der Waals surface area (Å²) in [6.07, 6.45) is 5.27. The fraction of sp³-hybridized carbons (Fsp3) is 0.594. The highest BCUT2D eigenvalue weighted by Crippen LogP contribution is 2.44. The Morgan fingerprint density at radius 1 is 1.12 bits per heavy atom. The lowest BCUT2D eigenvalue weighted by Gasteiger charge is -2.44. The van der Waals surface area contributed by atoms with E-state index in [-0.39, 0.29) is 49.3 Å². The number of hydrogen-bond acceptors (Lipinski definition) is 5. The molecule has 0 radical (unpaired) electrons. The Hall–Kier alpha value is -2.69. The van der Waals surface area contributed by atoms with Gasteiger partial charge in [-0.15, -0.1) is 0 Å². The van der Waals surface area contributed by atoms with E-state index in [1.807, 2.05) is 39.7 Å². The summed E-state index contributed by atoms with van der Waals surface area (Å²) in [5.74, 6) is -1.30. The highest BCUT2D eigenvalue weighted by atomic mass is 19.1. The van der Waals surface area contributed by atoms with Crippen molar-refractivity contribution in [3.63, 3.8) is 0 Å². The summed E-state index contributed by atoms with van der Waals surface area (Å²) in [5.41, 5.74) is 0.956. The number of ether oxygens (including phenoxy) is 2. The third-order valence-corrected chi connectivity index (χ3v) is 8.86. The molecule has 0 N–H and O–H groups in total. The number of aromatic nitrogens is 2. The average Bonchev–Trinajstić information content (AvgIpc) is 3.36. The molecule has 42 heavy (non-hydrogen) atoms. The van der Waals surface area contributed by atoms with Crippen molar-refractivity contribution in [1.82, 2.24) is 19.6 Å². The summed E-state index contributed by atoms with van der Waals surface area (Å²) >= 11 is 0. The monoisotopic (exact) mass is 588 g/mol. The van der Waals surface area contributed by atoms with Crippen molar-refractivity contribution in [2.75, 3.05) is 46.1 Å². The van der Waals surface area contributed by atoms with Gasteiger partial charge in [-0.25, -0.2) is 17.9 Å². The van der Waals surface area contributed by atoms with Gasteiger partial charge in [-0.05, 0) is 63.6 Å². The summed E-state index contributed by atoms with van der Waals surface area (Å²) in [6.45, 7) is 7.46. The molecule has 0 spiro atoms. The molecule has 10 heteroatoms. The van der Waals surface area contributed by atoms with E-state index >= 15 is 13.2 Å². The minimum absolute atomic E-state index is 0.0122. The Balaban J connectivity index is 1.34. The van der Waals surface area contributed by atoms with Crippen LogP contribution in [0.1, 0.15) is 69.0 Å². The van der Waals surface area contributed by atoms with E-state index < -0.39 is 23.3 Å². The van der Waals surface area contributed by atoms with Crippen LogP contribution in [-0.4, -0.2) is 77.4 Å². The van der Waals surface area contributed by atoms with Gasteiger partial charge in [0.2, 0.25) is 0 Å². The zero-order valence-corrected chi connectivity index (χ0v) is 24.6. The average molecular weight is 589 g/mol. The standard InChI is InChI=1S/C32H40F4N4O2/c1-20-12-24-23(7-8-28-25(24)16-37-40(28)29-6-4-5-10-42-29)31(39(20)19-32(2,3)36)30-26(34)13-22(14-27(30)35)41-11-9-38-17-21(15-33)18-38/h7-8,13-14,16,20-21,29,31H,4-6,9-12,15,17-19H2,1-3H3. The Labute approximate surface area is 244 Å². The number of fused-ring (bicyclic) bond motifs is 3. The van der Waals surface area contributed by atoms with Gasteiger partial charge in [0, 0.05) is 67.8 Å². The highest BCUT2D eigenvalue weighted by Gasteiger charge is 2.40. The molecule has 6 rings (SSSR count). The quantitative estimate of drug-likeness (QED) is 0.272. The molecule has 3 unspecified atom stereocenters. The normalized spacial score (nSPS) is 24.1. The fourth-order valence-corrected chi connectivity index (χ4v) is 6.83. The van der Waals surface area contributed by atoms with Gasteiger partial charge in [-0.3, -0.25) is 14.2 Å². The second-order valence-electron chi connectivity index (χ2n) is 12.8. The Kier molecular flexibility index (Phi) is 8.24. The molecule has 3 aliphatic heterocycles. The van der Waals surface area contributed by atoms with Gasteiger partial charge < -0.3 is 9.47 Å². The van der Waals surface area contributed by atoms with Crippen molar-refractivity contribution in [1.29, 1.82) is 0 Å². The number of benzene rings is 2. The first-order chi connectivity index (χ1) is 20.1. The Morgan fingerprint density at radius 3 is 2.55 bits per heavy atom. The number of rotatable bonds is 9. The van der Waals surface area contributed by atoms with Gasteiger partial charge in [0.25, 0.3) is 0 Å². The molecule has 2 fully saturated rings. The van der Waals surface area contributed by atoms with Gasteiger partial charge in [0.15, 0.2) is 6.23 Å². The van der Waals surface area contributed by atoms with Crippen LogP contribution in [0.4, 0.5) is 17.6 Å². The molecular weight excluding hydrogens is 548 g/mol. The van der Waals surface area contributed by atoms with E-state index in [9.17, 15) is 4.39 Å². The van der Waals surface area contributed by atoms with Gasteiger partial charge in [0.1, 0.15) is 29.7 Å². The van der Waals surface area contributed by atoms with Crippen molar-refractivity contribution < 1.29 is 27.0 Å². The number of halogens is 4. The molecule has 0 bridgehead atoms. The van der Waals surface area contributed by atoms with Crippen LogP contribution in [0, 0.1) is 17.6 Å². The molecular formula is C32H40F4N4O2. The van der Waals surface area contributed by atoms with Crippen molar-refractivity contribution in [2.45, 2.75) is 70.4 Å². The summed E-state index contributed by atoms with van der Waals surface area (Å²) in [6, 6.07) is 5.27. The van der Waals surface area contributed by atoms with Crippen LogP contribution in [0.25, 0.3) is 10.9 Å². The highest BCUT2D eigenvalue weighted by molar-refractivity contribution is 5.84. The topological polar surface area (TPSA) is 42.8 Å². The number of hydrogen-bond donors (Lipinski definition) is 0. The van der Waals surface area contributed by atoms with Crippen LogP contribution in [0.2, 0.25) is 0 Å². The maximum atomic E-state index is 15.9. The first kappa shape index (κ1) is 29.4. The van der Waals surface area contributed by atoms with Crippen molar-refractivity contribution >= 4 is 10.9 Å². The minimum Gasteiger partial charge on any atom is -0.492 e. The third kappa shape index (κ3) is 5.77. The maximum Gasteiger partial charge on any atom is 0.150 e. The lowest BCUT2D eigenvalue weighted by molar-refractivity contribution is -0.0366. The molecule has 2 saturated heterocycles. The van der Waals surface area contributed by atoms with Crippen LogP contribution < -0.4 is 4.74 Å². The molecule has 0 aliphatic carbocycles. The van der Waals surface area contributed by atoms with E-state index in [0.717, 1.165) is 41.3 Å². The molecule has 0 amide bonds. The zero-order chi connectivity index (χ0) is 29.6. The lowest BCUT2D eigenvalue weighted by Crippen LogP contribution is -2.49. The molecule has 1 aromatic heterocycles. The van der Waals surface area contributed by atoms with Gasteiger partial charge in [-0.1, -0.05) is 6.07 Å². The van der Waals surface area contributed by atoms with Crippen LogP contribution >= 0.6 is 0 Å². The van der Waals surface area contributed by atoms with Gasteiger partial charge in [-0.2, -0.15) is 5.10 Å². The van der Waals surface area contributed by atoms with Crippen LogP contribution in [0.15, 0.2) is 30.5 Å². The van der Waals surface area contributed by atoms with Gasteiger partial charge >= 0.3 is 0 Å². The minimum atomic E-state index is -1.58. The first-order valence-electron chi connectivity index (χ1n) is 15.1. The van der Waals surface area contributed by atoms with Crippen molar-refractivity contribution in [3.05, 3.63) is 58.8 Å². The predicted octanol–water partition coefficient (Wildman–Crippen LogP) is 6.38. The van der Waals surface area contributed by atoms with Crippen LogP contribution in [0.5, 0.6) is 5.75 Å². The molecule has 0 saturated carbocycles. The predicted molar refractivity (Wildman–Crippen MR) is 153 cm³/mol. The molecule has 3 atom stereocenters. The fourth-order valence-electron chi connectivity index (χ4n) is 6.83. The molecule has 3 aliphatic rings. The number of likely N-dealkylation sites (tertiary alicyclic amines) is 1. The molecule has 2 aromatic carbocycles. The first-order valence-corrected chi connectivity index (χ1v) is 15.1. The van der Waals surface area contributed by atoms with Crippen molar-refractivity contribution in [3.8, 4) is 5.75 Å². The molecule has 228 valence electrons. The SMILES string of the molecule is CC1Cc2c(ccc3c2cnn3C2CCCCO2)C(c2c(F)cc(OCCN3CC(CF)C3)cc2F)N1CC(C)(C)F. The number of nitrogens with zero attached hydrogens (tertiary/aromatic N) is 4. The van der Waals surface area contributed by atoms with Crippen LogP contribution in [-0.2, 0) is 11.2 Å². The van der Waals surface area contributed by atoms with E-state index in [1.54, 1.807) is 0 Å². The Bertz CT molecular complexity index is 1390. The maximum absolute atomic E-state index is 15.9.